The summed E-state index contributed by atoms with van der Waals surface area (Å²) in [6, 6.07) is 6.40. The lowest BCUT2D eigenvalue weighted by Crippen LogP contribution is -2.07. The van der Waals surface area contributed by atoms with Gasteiger partial charge in [-0.25, -0.2) is 18.2 Å². The third-order valence-electron chi connectivity index (χ3n) is 2.68. The number of carboxylic acid groups (broad SMARTS) is 1. The van der Waals surface area contributed by atoms with Crippen molar-refractivity contribution in [3.63, 3.8) is 0 Å². The molecule has 2 rings (SSSR count). The third-order valence-corrected chi connectivity index (χ3v) is 3.81. The molecule has 7 nitrogen and oxygen atoms in total. The van der Waals surface area contributed by atoms with Crippen LogP contribution in [-0.2, 0) is 16.4 Å². The van der Waals surface area contributed by atoms with Crippen LogP contribution in [0.2, 0.25) is 0 Å². The number of nitrogens with one attached hydrogen (secondary N) is 1. The Kier molecular flexibility index (Phi) is 4.18. The zero-order valence-corrected chi connectivity index (χ0v) is 12.0. The summed E-state index contributed by atoms with van der Waals surface area (Å²) in [7, 11) is -3.21. The largest absolute Gasteiger partial charge is 0.476 e. The van der Waals surface area contributed by atoms with Gasteiger partial charge >= 0.3 is 5.97 Å². The lowest BCUT2D eigenvalue weighted by atomic mass is 10.2. The zero-order chi connectivity index (χ0) is 15.5. The maximum atomic E-state index is 11.3. The minimum absolute atomic E-state index is 0.146. The number of carbonyl (C=O) groups is 1. The van der Waals surface area contributed by atoms with E-state index >= 15 is 0 Å². The molecule has 0 saturated heterocycles. The predicted octanol–water partition coefficient (Wildman–Crippen LogP) is 1.19. The molecular weight excluding hydrogens is 294 g/mol. The summed E-state index contributed by atoms with van der Waals surface area (Å²) < 4.78 is 22.7. The molecule has 21 heavy (non-hydrogen) atoms. The number of hydrogen-bond acceptors (Lipinski definition) is 6. The highest BCUT2D eigenvalue weighted by Crippen LogP contribution is 2.11. The first kappa shape index (κ1) is 14.9. The fourth-order valence-electron chi connectivity index (χ4n) is 1.60. The Bertz CT molecular complexity index is 757. The molecule has 1 aromatic carbocycles. The lowest BCUT2D eigenvalue weighted by molar-refractivity contribution is 0.0690. The van der Waals surface area contributed by atoms with Crippen LogP contribution in [0.25, 0.3) is 0 Å². The number of aromatic nitrogens is 2. The quantitative estimate of drug-likeness (QED) is 0.853. The average Bonchev–Trinajstić information content (AvgIpc) is 2.45. The van der Waals surface area contributed by atoms with Gasteiger partial charge in [0.1, 0.15) is 5.82 Å². The zero-order valence-electron chi connectivity index (χ0n) is 11.1. The topological polar surface area (TPSA) is 109 Å². The molecule has 0 atom stereocenters. The van der Waals surface area contributed by atoms with E-state index in [1.54, 1.807) is 12.1 Å². The summed E-state index contributed by atoms with van der Waals surface area (Å²) in [5, 5.41) is 11.7. The number of anilines is 1. The fourth-order valence-corrected chi connectivity index (χ4v) is 2.23. The predicted molar refractivity (Wildman–Crippen MR) is 75.9 cm³/mol. The molecule has 2 aromatic rings. The minimum atomic E-state index is -3.21. The van der Waals surface area contributed by atoms with Crippen LogP contribution in [0.5, 0.6) is 0 Å². The van der Waals surface area contributed by atoms with Crippen molar-refractivity contribution in [2.45, 2.75) is 11.4 Å². The first-order valence-electron chi connectivity index (χ1n) is 5.94. The van der Waals surface area contributed by atoms with E-state index < -0.39 is 15.8 Å². The Morgan fingerprint density at radius 2 is 1.90 bits per heavy atom. The molecule has 0 aliphatic rings. The summed E-state index contributed by atoms with van der Waals surface area (Å²) in [5.74, 6) is -0.814. The third kappa shape index (κ3) is 3.99. The average molecular weight is 307 g/mol. The molecule has 0 radical (unpaired) electrons. The Labute approximate surface area is 121 Å². The van der Waals surface area contributed by atoms with E-state index in [-0.39, 0.29) is 10.6 Å². The molecule has 0 fully saturated rings. The normalized spacial score (nSPS) is 11.1. The van der Waals surface area contributed by atoms with Crippen LogP contribution in [0.15, 0.2) is 41.6 Å². The molecule has 0 amide bonds. The van der Waals surface area contributed by atoms with E-state index in [0.717, 1.165) is 18.0 Å². The van der Waals surface area contributed by atoms with Gasteiger partial charge in [0.25, 0.3) is 0 Å². The first-order chi connectivity index (χ1) is 9.86. The van der Waals surface area contributed by atoms with Crippen LogP contribution in [0, 0.1) is 0 Å². The van der Waals surface area contributed by atoms with Crippen molar-refractivity contribution >= 4 is 21.6 Å². The summed E-state index contributed by atoms with van der Waals surface area (Å²) >= 11 is 0. The number of nitrogens with zero attached hydrogens (tertiary/aromatic N) is 2. The van der Waals surface area contributed by atoms with E-state index in [0.29, 0.717) is 12.4 Å². The van der Waals surface area contributed by atoms with E-state index in [1.165, 1.54) is 18.3 Å². The number of sulfone groups is 1. The Hall–Kier alpha value is -2.48. The van der Waals surface area contributed by atoms with E-state index in [4.69, 9.17) is 5.11 Å². The molecule has 1 heterocycles. The van der Waals surface area contributed by atoms with E-state index in [9.17, 15) is 13.2 Å². The fraction of sp³-hybridized carbons (Fsp3) is 0.154. The van der Waals surface area contributed by atoms with Gasteiger partial charge in [0, 0.05) is 12.8 Å². The van der Waals surface area contributed by atoms with Gasteiger partial charge in [-0.2, -0.15) is 0 Å². The summed E-state index contributed by atoms with van der Waals surface area (Å²) in [6.07, 6.45) is 3.72. The number of aromatic carboxylic acids is 1. The molecule has 0 unspecified atom stereocenters. The van der Waals surface area contributed by atoms with E-state index in [1.807, 2.05) is 0 Å². The SMILES string of the molecule is CS(=O)(=O)c1ccc(CNc2cncc(C(=O)O)n2)cc1. The van der Waals surface area contributed by atoms with Crippen LogP contribution in [0.4, 0.5) is 5.82 Å². The Morgan fingerprint density at radius 3 is 2.48 bits per heavy atom. The van der Waals surface area contributed by atoms with Crippen molar-refractivity contribution in [1.82, 2.24) is 9.97 Å². The molecule has 0 bridgehead atoms. The van der Waals surface area contributed by atoms with Crippen LogP contribution >= 0.6 is 0 Å². The highest BCUT2D eigenvalue weighted by Gasteiger charge is 2.07. The standard InChI is InChI=1S/C13H13N3O4S/c1-21(19,20)10-4-2-9(3-5-10)6-15-12-8-14-7-11(16-12)13(17)18/h2-5,7-8H,6H2,1H3,(H,15,16)(H,17,18). The lowest BCUT2D eigenvalue weighted by Gasteiger charge is -2.06. The molecule has 0 saturated carbocycles. The van der Waals surface area contributed by atoms with Crippen molar-refractivity contribution < 1.29 is 18.3 Å². The molecule has 0 aliphatic heterocycles. The number of carboxylic acids is 1. The Balaban J connectivity index is 2.06. The van der Waals surface area contributed by atoms with Gasteiger partial charge in [-0.05, 0) is 17.7 Å². The second-order valence-electron chi connectivity index (χ2n) is 4.36. The summed E-state index contributed by atoms with van der Waals surface area (Å²) in [6.45, 7) is 0.377. The summed E-state index contributed by atoms with van der Waals surface area (Å²) in [4.78, 5) is 18.7. The van der Waals surface area contributed by atoms with Crippen molar-refractivity contribution in [2.24, 2.45) is 0 Å². The number of hydrogen-bond donors (Lipinski definition) is 2. The van der Waals surface area contributed by atoms with Gasteiger partial charge in [-0.1, -0.05) is 12.1 Å². The monoisotopic (exact) mass is 307 g/mol. The minimum Gasteiger partial charge on any atom is -0.476 e. The van der Waals surface area contributed by atoms with Gasteiger partial charge in [0.15, 0.2) is 15.5 Å². The molecule has 110 valence electrons. The molecule has 0 spiro atoms. The van der Waals surface area contributed by atoms with Gasteiger partial charge in [0.05, 0.1) is 17.3 Å². The summed E-state index contributed by atoms with van der Waals surface area (Å²) in [5.41, 5.74) is 0.692. The van der Waals surface area contributed by atoms with E-state index in [2.05, 4.69) is 15.3 Å². The second-order valence-corrected chi connectivity index (χ2v) is 6.38. The van der Waals surface area contributed by atoms with Gasteiger partial charge < -0.3 is 10.4 Å². The van der Waals surface area contributed by atoms with Crippen LogP contribution in [-0.4, -0.2) is 35.7 Å². The molecule has 8 heteroatoms. The maximum absolute atomic E-state index is 11.3. The molecule has 0 aliphatic carbocycles. The van der Waals surface area contributed by atoms with Gasteiger partial charge in [-0.15, -0.1) is 0 Å². The van der Waals surface area contributed by atoms with Gasteiger partial charge in [0.2, 0.25) is 0 Å². The highest BCUT2D eigenvalue weighted by atomic mass is 32.2. The van der Waals surface area contributed by atoms with Crippen molar-refractivity contribution in [2.75, 3.05) is 11.6 Å². The van der Waals surface area contributed by atoms with Crippen molar-refractivity contribution in [1.29, 1.82) is 0 Å². The highest BCUT2D eigenvalue weighted by molar-refractivity contribution is 7.90. The number of benzene rings is 1. The smallest absolute Gasteiger partial charge is 0.356 e. The molecule has 2 N–H and O–H groups in total. The van der Waals surface area contributed by atoms with Crippen molar-refractivity contribution in [3.05, 3.63) is 47.9 Å². The first-order valence-corrected chi connectivity index (χ1v) is 7.83. The molecule has 1 aromatic heterocycles. The molecular formula is C13H13N3O4S. The van der Waals surface area contributed by atoms with Crippen LogP contribution < -0.4 is 5.32 Å². The Morgan fingerprint density at radius 1 is 1.24 bits per heavy atom. The second kappa shape index (κ2) is 5.88. The van der Waals surface area contributed by atoms with Crippen LogP contribution in [0.3, 0.4) is 0 Å². The maximum Gasteiger partial charge on any atom is 0.356 e. The van der Waals surface area contributed by atoms with Gasteiger partial charge in [-0.3, -0.25) is 4.98 Å². The van der Waals surface area contributed by atoms with Crippen LogP contribution in [0.1, 0.15) is 16.1 Å². The van der Waals surface area contributed by atoms with Crippen molar-refractivity contribution in [3.8, 4) is 0 Å². The number of rotatable bonds is 5.